The van der Waals surface area contributed by atoms with E-state index in [9.17, 15) is 0 Å². The third kappa shape index (κ3) is 8.18. The van der Waals surface area contributed by atoms with Gasteiger partial charge in [0.15, 0.2) is 5.75 Å². The topological polar surface area (TPSA) is 21.7 Å². The Labute approximate surface area is 123 Å². The molecule has 20 heavy (non-hydrogen) atoms. The molecule has 0 aliphatic rings. The van der Waals surface area contributed by atoms with Crippen molar-refractivity contribution in [2.45, 2.75) is 58.8 Å². The Hall–Kier alpha value is -1.06. The number of unbranched alkanes of at least 4 members (excludes halogenated alkanes) is 6. The Kier molecular flexibility index (Phi) is 9.98. The molecule has 0 saturated heterocycles. The lowest BCUT2D eigenvalue weighted by Crippen LogP contribution is -2.29. The SMILES string of the molecule is CCCCCCCCCN(OCC)Oc1ccccc1. The number of benzene rings is 1. The van der Waals surface area contributed by atoms with E-state index in [1.165, 1.54) is 38.5 Å². The van der Waals surface area contributed by atoms with Crippen LogP contribution in [0.2, 0.25) is 0 Å². The highest BCUT2D eigenvalue weighted by molar-refractivity contribution is 5.20. The summed E-state index contributed by atoms with van der Waals surface area (Å²) in [6.45, 7) is 5.67. The summed E-state index contributed by atoms with van der Waals surface area (Å²) >= 11 is 0. The Morgan fingerprint density at radius 2 is 1.50 bits per heavy atom. The first-order valence-corrected chi connectivity index (χ1v) is 8.00. The van der Waals surface area contributed by atoms with Gasteiger partial charge >= 0.3 is 0 Å². The van der Waals surface area contributed by atoms with E-state index in [1.807, 2.05) is 37.3 Å². The van der Waals surface area contributed by atoms with Gasteiger partial charge in [-0.25, -0.2) is 0 Å². The van der Waals surface area contributed by atoms with Gasteiger partial charge in [0, 0.05) is 0 Å². The highest BCUT2D eigenvalue weighted by Crippen LogP contribution is 2.12. The molecule has 0 unspecified atom stereocenters. The standard InChI is InChI=1S/C17H29NO2/c1-3-5-6-7-8-9-13-16-18(19-4-2)20-17-14-11-10-12-15-17/h10-12,14-15H,3-9,13,16H2,1-2H3. The minimum atomic E-state index is 0.628. The van der Waals surface area contributed by atoms with Gasteiger partial charge in [-0.3, -0.25) is 4.84 Å². The van der Waals surface area contributed by atoms with Crippen LogP contribution in [0.5, 0.6) is 5.75 Å². The molecule has 0 aromatic heterocycles. The van der Waals surface area contributed by atoms with Crippen LogP contribution >= 0.6 is 0 Å². The minimum Gasteiger partial charge on any atom is -0.381 e. The molecule has 114 valence electrons. The number of rotatable bonds is 12. The first-order valence-electron chi connectivity index (χ1n) is 8.00. The van der Waals surface area contributed by atoms with Gasteiger partial charge in [0.25, 0.3) is 0 Å². The summed E-state index contributed by atoms with van der Waals surface area (Å²) in [6.07, 6.45) is 9.05. The summed E-state index contributed by atoms with van der Waals surface area (Å²) in [5, 5.41) is 1.61. The first kappa shape index (κ1) is 17.0. The molecule has 1 aromatic rings. The zero-order valence-corrected chi connectivity index (χ0v) is 13.0. The summed E-state index contributed by atoms with van der Waals surface area (Å²) in [5.74, 6) is 0.823. The number of hydroxylamine groups is 2. The second kappa shape index (κ2) is 11.7. The largest absolute Gasteiger partial charge is 0.381 e. The van der Waals surface area contributed by atoms with Gasteiger partial charge in [-0.05, 0) is 30.7 Å². The van der Waals surface area contributed by atoms with Crippen molar-refractivity contribution in [2.24, 2.45) is 0 Å². The molecule has 0 spiro atoms. The van der Waals surface area contributed by atoms with Gasteiger partial charge in [-0.2, -0.15) is 0 Å². The number of para-hydroxylation sites is 1. The van der Waals surface area contributed by atoms with E-state index in [0.717, 1.165) is 18.7 Å². The Morgan fingerprint density at radius 3 is 2.15 bits per heavy atom. The van der Waals surface area contributed by atoms with Crippen molar-refractivity contribution in [3.63, 3.8) is 0 Å². The fourth-order valence-electron chi connectivity index (χ4n) is 2.08. The molecule has 0 fully saturated rings. The predicted octanol–water partition coefficient (Wildman–Crippen LogP) is 4.98. The van der Waals surface area contributed by atoms with Gasteiger partial charge < -0.3 is 4.84 Å². The molecule has 0 saturated carbocycles. The lowest BCUT2D eigenvalue weighted by atomic mass is 10.1. The fraction of sp³-hybridized carbons (Fsp3) is 0.647. The second-order valence-corrected chi connectivity index (χ2v) is 5.00. The molecule has 3 heteroatoms. The predicted molar refractivity (Wildman–Crippen MR) is 83.4 cm³/mol. The van der Waals surface area contributed by atoms with Crippen molar-refractivity contribution < 1.29 is 9.68 Å². The summed E-state index contributed by atoms with van der Waals surface area (Å²) in [7, 11) is 0. The van der Waals surface area contributed by atoms with Gasteiger partial charge in [-0.1, -0.05) is 63.6 Å². The van der Waals surface area contributed by atoms with Crippen molar-refractivity contribution in [3.8, 4) is 5.75 Å². The molecule has 0 radical (unpaired) electrons. The van der Waals surface area contributed by atoms with Crippen LogP contribution in [0.15, 0.2) is 30.3 Å². The molecule has 1 aromatic carbocycles. The Bertz CT molecular complexity index is 316. The summed E-state index contributed by atoms with van der Waals surface area (Å²) in [4.78, 5) is 11.2. The zero-order chi connectivity index (χ0) is 14.5. The van der Waals surface area contributed by atoms with Crippen LogP contribution in [0.25, 0.3) is 0 Å². The maximum absolute atomic E-state index is 5.71. The molecule has 0 amide bonds. The smallest absolute Gasteiger partial charge is 0.150 e. The molecule has 0 heterocycles. The van der Waals surface area contributed by atoms with Crippen LogP contribution in [-0.4, -0.2) is 18.4 Å². The number of hydrogen-bond acceptors (Lipinski definition) is 3. The van der Waals surface area contributed by atoms with Crippen LogP contribution in [-0.2, 0) is 4.84 Å². The van der Waals surface area contributed by atoms with E-state index in [2.05, 4.69) is 6.92 Å². The number of hydrogen-bond donors (Lipinski definition) is 0. The molecular weight excluding hydrogens is 250 g/mol. The maximum Gasteiger partial charge on any atom is 0.150 e. The second-order valence-electron chi connectivity index (χ2n) is 5.00. The van der Waals surface area contributed by atoms with Gasteiger partial charge in [0.05, 0.1) is 13.2 Å². The van der Waals surface area contributed by atoms with E-state index in [4.69, 9.17) is 9.68 Å². The maximum atomic E-state index is 5.71. The third-order valence-corrected chi connectivity index (χ3v) is 3.17. The highest BCUT2D eigenvalue weighted by Gasteiger charge is 2.06. The molecular formula is C17H29NO2. The molecule has 0 aliphatic carbocycles. The quantitative estimate of drug-likeness (QED) is 0.397. The van der Waals surface area contributed by atoms with Crippen molar-refractivity contribution >= 4 is 0 Å². The normalized spacial score (nSPS) is 10.9. The van der Waals surface area contributed by atoms with Crippen LogP contribution in [0, 0.1) is 0 Å². The van der Waals surface area contributed by atoms with Crippen molar-refractivity contribution in [2.75, 3.05) is 13.2 Å². The molecule has 3 nitrogen and oxygen atoms in total. The van der Waals surface area contributed by atoms with Crippen molar-refractivity contribution in [1.82, 2.24) is 5.23 Å². The monoisotopic (exact) mass is 279 g/mol. The van der Waals surface area contributed by atoms with E-state index in [0.29, 0.717) is 6.61 Å². The molecule has 0 aliphatic heterocycles. The first-order chi connectivity index (χ1) is 9.86. The van der Waals surface area contributed by atoms with Crippen LogP contribution < -0.4 is 4.84 Å². The fourth-order valence-corrected chi connectivity index (χ4v) is 2.08. The zero-order valence-electron chi connectivity index (χ0n) is 13.0. The van der Waals surface area contributed by atoms with Crippen LogP contribution in [0.3, 0.4) is 0 Å². The average molecular weight is 279 g/mol. The van der Waals surface area contributed by atoms with E-state index in [1.54, 1.807) is 5.23 Å². The average Bonchev–Trinajstić information content (AvgIpc) is 2.47. The molecule has 0 atom stereocenters. The van der Waals surface area contributed by atoms with E-state index in [-0.39, 0.29) is 0 Å². The summed E-state index contributed by atoms with van der Waals surface area (Å²) < 4.78 is 0. The number of nitrogens with zero attached hydrogens (tertiary/aromatic N) is 1. The Morgan fingerprint density at radius 1 is 0.850 bits per heavy atom. The highest BCUT2D eigenvalue weighted by atomic mass is 16.9. The van der Waals surface area contributed by atoms with Crippen molar-refractivity contribution in [1.29, 1.82) is 0 Å². The Balaban J connectivity index is 2.15. The summed E-state index contributed by atoms with van der Waals surface area (Å²) in [5.41, 5.74) is 0. The van der Waals surface area contributed by atoms with Gasteiger partial charge in [0.2, 0.25) is 0 Å². The van der Waals surface area contributed by atoms with Gasteiger partial charge in [0.1, 0.15) is 0 Å². The lowest BCUT2D eigenvalue weighted by molar-refractivity contribution is -0.315. The third-order valence-electron chi connectivity index (χ3n) is 3.17. The van der Waals surface area contributed by atoms with E-state index < -0.39 is 0 Å². The molecule has 1 rings (SSSR count). The molecule has 0 N–H and O–H groups in total. The van der Waals surface area contributed by atoms with Crippen LogP contribution in [0.1, 0.15) is 58.8 Å². The minimum absolute atomic E-state index is 0.628. The molecule has 0 bridgehead atoms. The van der Waals surface area contributed by atoms with Crippen molar-refractivity contribution in [3.05, 3.63) is 30.3 Å². The lowest BCUT2D eigenvalue weighted by Gasteiger charge is -2.20. The summed E-state index contributed by atoms with van der Waals surface area (Å²) in [6, 6.07) is 9.79. The van der Waals surface area contributed by atoms with Gasteiger partial charge in [-0.15, -0.1) is 0 Å². The van der Waals surface area contributed by atoms with E-state index >= 15 is 0 Å². The van der Waals surface area contributed by atoms with Crippen LogP contribution in [0.4, 0.5) is 0 Å².